The summed E-state index contributed by atoms with van der Waals surface area (Å²) in [5, 5.41) is 3.55. The Morgan fingerprint density at radius 1 is 1.12 bits per heavy atom. The number of para-hydroxylation sites is 2. The van der Waals surface area contributed by atoms with Crippen LogP contribution >= 0.6 is 11.6 Å². The highest BCUT2D eigenvalue weighted by Crippen LogP contribution is 2.23. The van der Waals surface area contributed by atoms with Gasteiger partial charge in [-0.1, -0.05) is 23.7 Å². The number of benzene rings is 2. The van der Waals surface area contributed by atoms with E-state index in [2.05, 4.69) is 5.32 Å². The van der Waals surface area contributed by atoms with Gasteiger partial charge in [0.15, 0.2) is 0 Å². The van der Waals surface area contributed by atoms with Crippen LogP contribution in [0, 0.1) is 0 Å². The Bertz CT molecular complexity index is 677. The van der Waals surface area contributed by atoms with E-state index in [-0.39, 0.29) is 12.5 Å². The van der Waals surface area contributed by atoms with E-state index in [0.29, 0.717) is 36.2 Å². The lowest BCUT2D eigenvalue weighted by molar-refractivity contribution is -0.117. The van der Waals surface area contributed by atoms with E-state index in [0.717, 1.165) is 5.75 Å². The highest BCUT2D eigenvalue weighted by molar-refractivity contribution is 6.30. The minimum absolute atomic E-state index is 0.0962. The molecule has 0 radical (unpaired) electrons. The summed E-state index contributed by atoms with van der Waals surface area (Å²) < 4.78 is 11.1. The Hall–Kier alpha value is -2.24. The van der Waals surface area contributed by atoms with Gasteiger partial charge in [-0.25, -0.2) is 0 Å². The molecule has 0 spiro atoms. The molecule has 0 unspecified atom stereocenters. The van der Waals surface area contributed by atoms with Crippen molar-refractivity contribution in [3.8, 4) is 11.5 Å². The summed E-state index contributed by atoms with van der Waals surface area (Å²) in [5.41, 5.74) is 0.681. The molecule has 2 aromatic carbocycles. The molecule has 0 aliphatic rings. The van der Waals surface area contributed by atoms with Gasteiger partial charge in [0.05, 0.1) is 18.8 Å². The summed E-state index contributed by atoms with van der Waals surface area (Å²) in [6, 6.07) is 14.6. The Labute approximate surface area is 153 Å². The van der Waals surface area contributed by atoms with Gasteiger partial charge in [-0.3, -0.25) is 9.69 Å². The van der Waals surface area contributed by atoms with Crippen LogP contribution in [-0.2, 0) is 4.79 Å². The molecular formula is C19H23ClN2O3. The minimum atomic E-state index is -0.0962. The van der Waals surface area contributed by atoms with Crippen molar-refractivity contribution >= 4 is 23.2 Å². The molecule has 25 heavy (non-hydrogen) atoms. The third-order valence-corrected chi connectivity index (χ3v) is 3.68. The molecule has 0 saturated carbocycles. The maximum Gasteiger partial charge on any atom is 0.238 e. The van der Waals surface area contributed by atoms with Crippen molar-refractivity contribution in [2.24, 2.45) is 0 Å². The lowest BCUT2D eigenvalue weighted by Crippen LogP contribution is -2.33. The first-order valence-corrected chi connectivity index (χ1v) is 8.55. The SMILES string of the molecule is CCOc1ccccc1NC(=O)CN(C)CCOc1ccc(Cl)cc1. The number of likely N-dealkylation sites (N-methyl/N-ethyl adjacent to an activating group) is 1. The van der Waals surface area contributed by atoms with E-state index in [1.807, 2.05) is 55.3 Å². The smallest absolute Gasteiger partial charge is 0.238 e. The fourth-order valence-electron chi connectivity index (χ4n) is 2.22. The van der Waals surface area contributed by atoms with Crippen LogP contribution in [0.4, 0.5) is 5.69 Å². The molecule has 134 valence electrons. The number of hydrogen-bond acceptors (Lipinski definition) is 4. The number of halogens is 1. The number of nitrogens with zero attached hydrogens (tertiary/aromatic N) is 1. The maximum atomic E-state index is 12.2. The van der Waals surface area contributed by atoms with Gasteiger partial charge in [0.25, 0.3) is 0 Å². The molecule has 2 aromatic rings. The number of amides is 1. The van der Waals surface area contributed by atoms with Crippen molar-refractivity contribution < 1.29 is 14.3 Å². The second-order valence-corrected chi connectivity index (χ2v) is 5.95. The first-order valence-electron chi connectivity index (χ1n) is 8.17. The second-order valence-electron chi connectivity index (χ2n) is 5.52. The van der Waals surface area contributed by atoms with Crippen molar-refractivity contribution in [2.75, 3.05) is 38.7 Å². The summed E-state index contributed by atoms with van der Waals surface area (Å²) in [4.78, 5) is 14.1. The minimum Gasteiger partial charge on any atom is -0.492 e. The Morgan fingerprint density at radius 3 is 2.56 bits per heavy atom. The molecule has 0 heterocycles. The Morgan fingerprint density at radius 2 is 1.84 bits per heavy atom. The van der Waals surface area contributed by atoms with Crippen molar-refractivity contribution in [3.05, 3.63) is 53.6 Å². The zero-order chi connectivity index (χ0) is 18.1. The van der Waals surface area contributed by atoms with E-state index in [1.54, 1.807) is 12.1 Å². The van der Waals surface area contributed by atoms with E-state index < -0.39 is 0 Å². The predicted molar refractivity (Wildman–Crippen MR) is 101 cm³/mol. The number of carbonyl (C=O) groups is 1. The second kappa shape index (κ2) is 9.91. The molecule has 0 atom stereocenters. The summed E-state index contributed by atoms with van der Waals surface area (Å²) in [6.45, 7) is 3.84. The third-order valence-electron chi connectivity index (χ3n) is 3.43. The first kappa shape index (κ1) is 19.1. The number of hydrogen-bond donors (Lipinski definition) is 1. The molecule has 0 aliphatic heterocycles. The lowest BCUT2D eigenvalue weighted by atomic mass is 10.3. The maximum absolute atomic E-state index is 12.2. The van der Waals surface area contributed by atoms with Crippen molar-refractivity contribution in [2.45, 2.75) is 6.92 Å². The summed E-state index contributed by atoms with van der Waals surface area (Å²) >= 11 is 5.83. The molecule has 6 heteroatoms. The summed E-state index contributed by atoms with van der Waals surface area (Å²) in [6.07, 6.45) is 0. The van der Waals surface area contributed by atoms with Gasteiger partial charge < -0.3 is 14.8 Å². The highest BCUT2D eigenvalue weighted by Gasteiger charge is 2.10. The van der Waals surface area contributed by atoms with Crippen molar-refractivity contribution in [3.63, 3.8) is 0 Å². The molecule has 0 aromatic heterocycles. The van der Waals surface area contributed by atoms with Gasteiger partial charge in [-0.15, -0.1) is 0 Å². The van der Waals surface area contributed by atoms with Crippen molar-refractivity contribution in [1.82, 2.24) is 4.90 Å². The molecule has 1 amide bonds. The molecule has 1 N–H and O–H groups in total. The fourth-order valence-corrected chi connectivity index (χ4v) is 2.34. The Balaban J connectivity index is 1.75. The molecule has 0 saturated heterocycles. The lowest BCUT2D eigenvalue weighted by Gasteiger charge is -2.17. The molecule has 0 aliphatic carbocycles. The monoisotopic (exact) mass is 362 g/mol. The van der Waals surface area contributed by atoms with Gasteiger partial charge >= 0.3 is 0 Å². The highest BCUT2D eigenvalue weighted by atomic mass is 35.5. The average Bonchev–Trinajstić information content (AvgIpc) is 2.58. The number of rotatable bonds is 9. The number of carbonyl (C=O) groups excluding carboxylic acids is 1. The molecule has 5 nitrogen and oxygen atoms in total. The molecule has 0 bridgehead atoms. The van der Waals surface area contributed by atoms with Gasteiger partial charge in [0.2, 0.25) is 5.91 Å². The topological polar surface area (TPSA) is 50.8 Å². The quantitative estimate of drug-likeness (QED) is 0.739. The third kappa shape index (κ3) is 6.64. The number of nitrogens with one attached hydrogen (secondary N) is 1. The van der Waals surface area contributed by atoms with Crippen LogP contribution in [0.1, 0.15) is 6.92 Å². The summed E-state index contributed by atoms with van der Waals surface area (Å²) in [7, 11) is 1.87. The normalized spacial score (nSPS) is 10.6. The van der Waals surface area contributed by atoms with Crippen LogP contribution in [0.5, 0.6) is 11.5 Å². The van der Waals surface area contributed by atoms with Gasteiger partial charge in [-0.2, -0.15) is 0 Å². The van der Waals surface area contributed by atoms with Crippen LogP contribution < -0.4 is 14.8 Å². The number of ether oxygens (including phenoxy) is 2. The van der Waals surface area contributed by atoms with E-state index in [1.165, 1.54) is 0 Å². The molecular weight excluding hydrogens is 340 g/mol. The largest absolute Gasteiger partial charge is 0.492 e. The van der Waals surface area contributed by atoms with Crippen molar-refractivity contribution in [1.29, 1.82) is 0 Å². The van der Waals surface area contributed by atoms with Gasteiger partial charge in [0, 0.05) is 11.6 Å². The average molecular weight is 363 g/mol. The standard InChI is InChI=1S/C19H23ClN2O3/c1-3-24-18-7-5-4-6-17(18)21-19(23)14-22(2)12-13-25-16-10-8-15(20)9-11-16/h4-11H,3,12-14H2,1-2H3,(H,21,23). The van der Waals surface area contributed by atoms with E-state index in [4.69, 9.17) is 21.1 Å². The zero-order valence-electron chi connectivity index (χ0n) is 14.5. The van der Waals surface area contributed by atoms with Gasteiger partial charge in [-0.05, 0) is 50.4 Å². The van der Waals surface area contributed by atoms with Gasteiger partial charge in [0.1, 0.15) is 18.1 Å². The van der Waals surface area contributed by atoms with Crippen LogP contribution in [0.15, 0.2) is 48.5 Å². The molecule has 2 rings (SSSR count). The first-order chi connectivity index (χ1) is 12.1. The zero-order valence-corrected chi connectivity index (χ0v) is 15.3. The van der Waals surface area contributed by atoms with Crippen LogP contribution in [0.25, 0.3) is 0 Å². The van der Waals surface area contributed by atoms with E-state index in [9.17, 15) is 4.79 Å². The van der Waals surface area contributed by atoms with Crippen LogP contribution in [-0.4, -0.2) is 44.2 Å². The van der Waals surface area contributed by atoms with E-state index >= 15 is 0 Å². The molecule has 0 fully saturated rings. The van der Waals surface area contributed by atoms with Crippen LogP contribution in [0.3, 0.4) is 0 Å². The fraction of sp³-hybridized carbons (Fsp3) is 0.316. The predicted octanol–water partition coefficient (Wildman–Crippen LogP) is 3.69. The number of anilines is 1. The Kier molecular flexibility index (Phi) is 7.57. The summed E-state index contributed by atoms with van der Waals surface area (Å²) in [5.74, 6) is 1.33. The van der Waals surface area contributed by atoms with Crippen LogP contribution in [0.2, 0.25) is 5.02 Å².